The van der Waals surface area contributed by atoms with Gasteiger partial charge in [-0.15, -0.1) is 0 Å². The maximum absolute atomic E-state index is 2.59. The minimum Gasteiger partial charge on any atom is -0.301 e. The molecule has 0 bridgehead atoms. The SMILES string of the molecule is CCN1CCN(CCCI)CC1. The van der Waals surface area contributed by atoms with Gasteiger partial charge < -0.3 is 9.80 Å². The van der Waals surface area contributed by atoms with Crippen LogP contribution in [0.15, 0.2) is 0 Å². The van der Waals surface area contributed by atoms with E-state index >= 15 is 0 Å². The van der Waals surface area contributed by atoms with E-state index in [9.17, 15) is 0 Å². The Labute approximate surface area is 89.4 Å². The Morgan fingerprint density at radius 1 is 1.08 bits per heavy atom. The molecule has 0 amide bonds. The number of likely N-dealkylation sites (N-methyl/N-ethyl adjacent to an activating group) is 1. The van der Waals surface area contributed by atoms with E-state index in [4.69, 9.17) is 0 Å². The highest BCUT2D eigenvalue weighted by atomic mass is 127. The largest absolute Gasteiger partial charge is 0.301 e. The van der Waals surface area contributed by atoms with Gasteiger partial charge in [-0.25, -0.2) is 0 Å². The van der Waals surface area contributed by atoms with Gasteiger partial charge in [0, 0.05) is 30.6 Å². The average Bonchev–Trinajstić information content (AvgIpc) is 2.15. The quantitative estimate of drug-likeness (QED) is 0.569. The third-order valence-corrected chi connectivity index (χ3v) is 3.28. The van der Waals surface area contributed by atoms with Crippen LogP contribution in [-0.4, -0.2) is 53.5 Å². The molecule has 1 aliphatic rings. The van der Waals surface area contributed by atoms with E-state index in [1.807, 2.05) is 0 Å². The molecule has 0 unspecified atom stereocenters. The lowest BCUT2D eigenvalue weighted by atomic mass is 10.3. The van der Waals surface area contributed by atoms with Crippen molar-refractivity contribution in [3.63, 3.8) is 0 Å². The standard InChI is InChI=1S/C9H19IN2/c1-2-11-6-8-12(9-7-11)5-3-4-10/h2-9H2,1H3. The van der Waals surface area contributed by atoms with Crippen LogP contribution in [-0.2, 0) is 0 Å². The predicted octanol–water partition coefficient (Wildman–Crippen LogP) is 1.45. The zero-order valence-corrected chi connectivity index (χ0v) is 10.1. The Morgan fingerprint density at radius 2 is 1.67 bits per heavy atom. The molecule has 2 nitrogen and oxygen atoms in total. The Bertz CT molecular complexity index is 111. The molecule has 0 aromatic heterocycles. The summed E-state index contributed by atoms with van der Waals surface area (Å²) in [4.78, 5) is 5.12. The van der Waals surface area contributed by atoms with Gasteiger partial charge >= 0.3 is 0 Å². The third-order valence-electron chi connectivity index (χ3n) is 2.52. The van der Waals surface area contributed by atoms with Crippen LogP contribution < -0.4 is 0 Å². The Hall–Kier alpha value is 0.650. The van der Waals surface area contributed by atoms with Crippen molar-refractivity contribution >= 4 is 22.6 Å². The topological polar surface area (TPSA) is 6.48 Å². The molecule has 0 aromatic carbocycles. The first-order chi connectivity index (χ1) is 5.86. The number of hydrogen-bond acceptors (Lipinski definition) is 2. The maximum atomic E-state index is 2.59. The van der Waals surface area contributed by atoms with E-state index in [0.717, 1.165) is 0 Å². The molecular weight excluding hydrogens is 263 g/mol. The van der Waals surface area contributed by atoms with Gasteiger partial charge in [0.25, 0.3) is 0 Å². The van der Waals surface area contributed by atoms with Crippen molar-refractivity contribution in [1.82, 2.24) is 9.80 Å². The summed E-state index contributed by atoms with van der Waals surface area (Å²) in [6.45, 7) is 9.89. The van der Waals surface area contributed by atoms with E-state index in [1.165, 1.54) is 50.1 Å². The first-order valence-corrected chi connectivity index (χ1v) is 6.40. The van der Waals surface area contributed by atoms with Gasteiger partial charge in [-0.1, -0.05) is 29.5 Å². The Morgan fingerprint density at radius 3 is 2.17 bits per heavy atom. The lowest BCUT2D eigenvalue weighted by Gasteiger charge is -2.33. The summed E-state index contributed by atoms with van der Waals surface area (Å²) in [5.74, 6) is 0. The number of rotatable bonds is 4. The van der Waals surface area contributed by atoms with Crippen LogP contribution in [0.4, 0.5) is 0 Å². The molecule has 0 saturated carbocycles. The second kappa shape index (κ2) is 6.16. The van der Waals surface area contributed by atoms with E-state index in [1.54, 1.807) is 0 Å². The molecule has 1 aliphatic heterocycles. The van der Waals surface area contributed by atoms with Crippen LogP contribution in [0.2, 0.25) is 0 Å². The third kappa shape index (κ3) is 3.58. The highest BCUT2D eigenvalue weighted by Crippen LogP contribution is 2.02. The number of alkyl halides is 1. The lowest BCUT2D eigenvalue weighted by Crippen LogP contribution is -2.46. The van der Waals surface area contributed by atoms with Gasteiger partial charge in [-0.3, -0.25) is 0 Å². The summed E-state index contributed by atoms with van der Waals surface area (Å²) >= 11 is 2.46. The molecule has 0 aliphatic carbocycles. The van der Waals surface area contributed by atoms with Gasteiger partial charge in [0.15, 0.2) is 0 Å². The van der Waals surface area contributed by atoms with Crippen LogP contribution >= 0.6 is 22.6 Å². The summed E-state index contributed by atoms with van der Waals surface area (Å²) in [6.07, 6.45) is 1.35. The molecule has 3 heteroatoms. The van der Waals surface area contributed by atoms with Crippen molar-refractivity contribution in [3.05, 3.63) is 0 Å². The minimum absolute atomic E-state index is 1.22. The highest BCUT2D eigenvalue weighted by Gasteiger charge is 2.13. The number of halogens is 1. The van der Waals surface area contributed by atoms with Gasteiger partial charge in [-0.2, -0.15) is 0 Å². The van der Waals surface area contributed by atoms with E-state index in [0.29, 0.717) is 0 Å². The molecule has 1 rings (SSSR count). The molecule has 0 N–H and O–H groups in total. The van der Waals surface area contributed by atoms with Crippen molar-refractivity contribution in [1.29, 1.82) is 0 Å². The van der Waals surface area contributed by atoms with E-state index in [-0.39, 0.29) is 0 Å². The zero-order chi connectivity index (χ0) is 8.81. The molecule has 0 spiro atoms. The molecule has 12 heavy (non-hydrogen) atoms. The highest BCUT2D eigenvalue weighted by molar-refractivity contribution is 14.1. The number of piperazine rings is 1. The van der Waals surface area contributed by atoms with Crippen LogP contribution in [0.1, 0.15) is 13.3 Å². The predicted molar refractivity (Wildman–Crippen MR) is 62.1 cm³/mol. The van der Waals surface area contributed by atoms with Gasteiger partial charge in [0.05, 0.1) is 0 Å². The van der Waals surface area contributed by atoms with Crippen molar-refractivity contribution in [2.45, 2.75) is 13.3 Å². The second-order valence-corrected chi connectivity index (χ2v) is 4.40. The lowest BCUT2D eigenvalue weighted by molar-refractivity contribution is 0.138. The zero-order valence-electron chi connectivity index (χ0n) is 7.93. The minimum atomic E-state index is 1.22. The average molecular weight is 282 g/mol. The molecular formula is C9H19IN2. The molecule has 0 radical (unpaired) electrons. The number of nitrogens with zero attached hydrogens (tertiary/aromatic N) is 2. The maximum Gasteiger partial charge on any atom is 0.0110 e. The number of hydrogen-bond donors (Lipinski definition) is 0. The summed E-state index contributed by atoms with van der Waals surface area (Å²) < 4.78 is 1.30. The summed E-state index contributed by atoms with van der Waals surface area (Å²) in [6, 6.07) is 0. The van der Waals surface area contributed by atoms with Crippen LogP contribution in [0.3, 0.4) is 0 Å². The summed E-state index contributed by atoms with van der Waals surface area (Å²) in [5, 5.41) is 0. The summed E-state index contributed by atoms with van der Waals surface area (Å²) in [5.41, 5.74) is 0. The van der Waals surface area contributed by atoms with E-state index < -0.39 is 0 Å². The Kier molecular flexibility index (Phi) is 5.50. The van der Waals surface area contributed by atoms with Crippen molar-refractivity contribution < 1.29 is 0 Å². The van der Waals surface area contributed by atoms with Crippen LogP contribution in [0, 0.1) is 0 Å². The summed E-state index contributed by atoms with van der Waals surface area (Å²) in [7, 11) is 0. The smallest absolute Gasteiger partial charge is 0.0110 e. The molecule has 1 heterocycles. The van der Waals surface area contributed by atoms with Gasteiger partial charge in [0.1, 0.15) is 0 Å². The van der Waals surface area contributed by atoms with Gasteiger partial charge in [-0.05, 0) is 19.5 Å². The second-order valence-electron chi connectivity index (χ2n) is 3.32. The first kappa shape index (κ1) is 10.7. The fraction of sp³-hybridized carbons (Fsp3) is 1.00. The molecule has 1 saturated heterocycles. The molecule has 72 valence electrons. The molecule has 0 aromatic rings. The van der Waals surface area contributed by atoms with Crippen LogP contribution in [0.25, 0.3) is 0 Å². The van der Waals surface area contributed by atoms with Crippen molar-refractivity contribution in [3.8, 4) is 0 Å². The molecule has 1 fully saturated rings. The fourth-order valence-corrected chi connectivity index (χ4v) is 1.95. The normalized spacial score (nSPS) is 21.5. The van der Waals surface area contributed by atoms with Crippen molar-refractivity contribution in [2.75, 3.05) is 43.7 Å². The van der Waals surface area contributed by atoms with Gasteiger partial charge in [0.2, 0.25) is 0 Å². The fourth-order valence-electron chi connectivity index (χ4n) is 1.61. The van der Waals surface area contributed by atoms with E-state index in [2.05, 4.69) is 39.3 Å². The first-order valence-electron chi connectivity index (χ1n) is 4.87. The van der Waals surface area contributed by atoms with Crippen molar-refractivity contribution in [2.24, 2.45) is 0 Å². The van der Waals surface area contributed by atoms with Crippen LogP contribution in [0.5, 0.6) is 0 Å². The molecule has 0 atom stereocenters. The Balaban J connectivity index is 2.09. The monoisotopic (exact) mass is 282 g/mol.